The van der Waals surface area contributed by atoms with Crippen LogP contribution in [0, 0.1) is 5.92 Å². The van der Waals surface area contributed by atoms with Crippen molar-refractivity contribution in [3.05, 3.63) is 0 Å². The molecule has 0 aromatic rings. The average molecular weight is 312 g/mol. The minimum atomic E-state index is -4.12. The molecule has 21 heavy (non-hydrogen) atoms. The lowest BCUT2D eigenvalue weighted by Crippen LogP contribution is -3.15. The average Bonchev–Trinajstić information content (AvgIpc) is 2.91. The predicted molar refractivity (Wildman–Crippen MR) is 70.1 cm³/mol. The number of halogens is 3. The van der Waals surface area contributed by atoms with E-state index in [1.807, 2.05) is 0 Å². The Labute approximate surface area is 123 Å². The highest BCUT2D eigenvalue weighted by atomic mass is 19.4. The molecule has 7 heteroatoms. The molecule has 0 aliphatic carbocycles. The van der Waals surface area contributed by atoms with Crippen LogP contribution in [0.3, 0.4) is 0 Å². The maximum Gasteiger partial charge on any atom is 0.397 e. The van der Waals surface area contributed by atoms with Gasteiger partial charge in [-0.25, -0.2) is 0 Å². The number of quaternary nitrogens is 1. The molecule has 0 aromatic carbocycles. The normalized spacial score (nSPS) is 32.3. The van der Waals surface area contributed by atoms with Gasteiger partial charge in [-0.05, 0) is 25.7 Å². The second kappa shape index (κ2) is 7.76. The predicted octanol–water partition coefficient (Wildman–Crippen LogP) is 0.400. The first-order valence-corrected chi connectivity index (χ1v) is 7.73. The highest BCUT2D eigenvalue weighted by Gasteiger charge is 2.44. The van der Waals surface area contributed by atoms with Crippen molar-refractivity contribution in [2.45, 2.75) is 44.1 Å². The number of aliphatic hydroxyl groups is 1. The highest BCUT2D eigenvalue weighted by molar-refractivity contribution is 4.70. The lowest BCUT2D eigenvalue weighted by Gasteiger charge is -2.32. The molecular formula is C14H25F3NO3+. The number of nitrogens with one attached hydrogen (secondary N) is 1. The number of ether oxygens (including phenoxy) is 2. The number of aliphatic hydroxyl groups excluding tert-OH is 1. The number of piperidine rings is 1. The zero-order chi connectivity index (χ0) is 15.3. The molecule has 2 saturated heterocycles. The molecule has 0 spiro atoms. The van der Waals surface area contributed by atoms with E-state index in [1.165, 1.54) is 0 Å². The molecule has 2 rings (SSSR count). The van der Waals surface area contributed by atoms with Crippen molar-refractivity contribution in [3.63, 3.8) is 0 Å². The van der Waals surface area contributed by atoms with E-state index in [-0.39, 0.29) is 25.7 Å². The highest BCUT2D eigenvalue weighted by Crippen LogP contribution is 2.29. The van der Waals surface area contributed by atoms with Gasteiger partial charge >= 0.3 is 6.18 Å². The van der Waals surface area contributed by atoms with Crippen LogP contribution in [0.2, 0.25) is 0 Å². The molecule has 2 aliphatic rings. The molecular weight excluding hydrogens is 287 g/mol. The van der Waals surface area contributed by atoms with Gasteiger partial charge < -0.3 is 19.5 Å². The third kappa shape index (κ3) is 5.73. The van der Waals surface area contributed by atoms with Gasteiger partial charge in [-0.3, -0.25) is 0 Å². The topological polar surface area (TPSA) is 43.1 Å². The summed E-state index contributed by atoms with van der Waals surface area (Å²) in [6, 6.07) is 0. The van der Waals surface area contributed by atoms with Gasteiger partial charge in [-0.1, -0.05) is 0 Å². The molecule has 0 radical (unpaired) electrons. The van der Waals surface area contributed by atoms with Crippen LogP contribution in [0.1, 0.15) is 25.7 Å². The van der Waals surface area contributed by atoms with E-state index in [0.29, 0.717) is 26.1 Å². The van der Waals surface area contributed by atoms with Crippen LogP contribution < -0.4 is 4.90 Å². The third-order valence-electron chi connectivity index (χ3n) is 4.24. The Morgan fingerprint density at radius 3 is 2.76 bits per heavy atom. The number of likely N-dealkylation sites (tertiary alicyclic amines) is 1. The number of hydrogen-bond donors (Lipinski definition) is 2. The first kappa shape index (κ1) is 17.0. The summed E-state index contributed by atoms with van der Waals surface area (Å²) in [4.78, 5) is 0.816. The van der Waals surface area contributed by atoms with E-state index < -0.39 is 18.2 Å². The largest absolute Gasteiger partial charge is 0.397 e. The summed E-state index contributed by atoms with van der Waals surface area (Å²) >= 11 is 0. The van der Waals surface area contributed by atoms with Crippen LogP contribution in [0.5, 0.6) is 0 Å². The van der Waals surface area contributed by atoms with Crippen molar-refractivity contribution < 1.29 is 32.7 Å². The van der Waals surface area contributed by atoms with Crippen molar-refractivity contribution in [2.75, 3.05) is 39.5 Å². The van der Waals surface area contributed by atoms with Crippen molar-refractivity contribution in [1.82, 2.24) is 0 Å². The minimum Gasteiger partial charge on any atom is -0.385 e. The van der Waals surface area contributed by atoms with Gasteiger partial charge in [-0.2, -0.15) is 13.2 Å². The Balaban J connectivity index is 1.63. The zero-order valence-corrected chi connectivity index (χ0v) is 12.2. The van der Waals surface area contributed by atoms with Crippen LogP contribution in [-0.4, -0.2) is 62.9 Å². The zero-order valence-electron chi connectivity index (χ0n) is 12.2. The quantitative estimate of drug-likeness (QED) is 0.746. The second-order valence-corrected chi connectivity index (χ2v) is 6.12. The summed E-state index contributed by atoms with van der Waals surface area (Å²) in [6.07, 6.45) is -1.95. The molecule has 2 heterocycles. The Morgan fingerprint density at radius 1 is 1.29 bits per heavy atom. The number of hydrogen-bond acceptors (Lipinski definition) is 3. The van der Waals surface area contributed by atoms with Gasteiger partial charge in [0.2, 0.25) is 0 Å². The molecule has 1 unspecified atom stereocenters. The fraction of sp³-hybridized carbons (Fsp3) is 1.00. The molecule has 0 amide bonds. The summed E-state index contributed by atoms with van der Waals surface area (Å²) in [5, 5.41) is 9.90. The smallest absolute Gasteiger partial charge is 0.385 e. The lowest BCUT2D eigenvalue weighted by molar-refractivity contribution is -0.913. The molecule has 4 nitrogen and oxygen atoms in total. The molecule has 0 bridgehead atoms. The molecule has 2 N–H and O–H groups in total. The lowest BCUT2D eigenvalue weighted by atomic mass is 9.97. The van der Waals surface area contributed by atoms with E-state index in [4.69, 9.17) is 9.47 Å². The van der Waals surface area contributed by atoms with Gasteiger partial charge in [-0.15, -0.1) is 0 Å². The maximum atomic E-state index is 12.7. The fourth-order valence-electron chi connectivity index (χ4n) is 3.12. The molecule has 0 saturated carbocycles. The Hall–Kier alpha value is -0.370. The summed E-state index contributed by atoms with van der Waals surface area (Å²) in [6.45, 7) is 2.45. The molecule has 2 fully saturated rings. The monoisotopic (exact) mass is 312 g/mol. The summed E-state index contributed by atoms with van der Waals surface area (Å²) < 4.78 is 48.9. The summed E-state index contributed by atoms with van der Waals surface area (Å²) in [7, 11) is 0. The third-order valence-corrected chi connectivity index (χ3v) is 4.24. The van der Waals surface area contributed by atoms with Gasteiger partial charge in [0, 0.05) is 6.61 Å². The van der Waals surface area contributed by atoms with E-state index in [1.54, 1.807) is 0 Å². The van der Waals surface area contributed by atoms with Gasteiger partial charge in [0.25, 0.3) is 0 Å². The van der Waals surface area contributed by atoms with Crippen LogP contribution in [0.4, 0.5) is 13.2 Å². The number of rotatable bonds is 6. The second-order valence-electron chi connectivity index (χ2n) is 6.12. The molecule has 0 aromatic heterocycles. The Morgan fingerprint density at radius 2 is 2.10 bits per heavy atom. The van der Waals surface area contributed by atoms with Crippen molar-refractivity contribution >= 4 is 0 Å². The first-order valence-electron chi connectivity index (χ1n) is 7.73. The minimum absolute atomic E-state index is 0.0618. The molecule has 4 atom stereocenters. The van der Waals surface area contributed by atoms with E-state index in [0.717, 1.165) is 24.3 Å². The summed E-state index contributed by atoms with van der Waals surface area (Å²) in [5.74, 6) is -1.23. The molecule has 124 valence electrons. The van der Waals surface area contributed by atoms with Crippen LogP contribution >= 0.6 is 0 Å². The molecule has 2 aliphatic heterocycles. The van der Waals surface area contributed by atoms with Gasteiger partial charge in [0.15, 0.2) is 0 Å². The van der Waals surface area contributed by atoms with Crippen molar-refractivity contribution in [1.29, 1.82) is 0 Å². The SMILES string of the molecule is O[C@H](COC[C@H]1CCCO1)C[NH+]1CCC[C@@H](C(F)(F)F)C1. The van der Waals surface area contributed by atoms with Crippen LogP contribution in [0.15, 0.2) is 0 Å². The number of alkyl halides is 3. The van der Waals surface area contributed by atoms with E-state index >= 15 is 0 Å². The standard InChI is InChI=1S/C14H24F3NO3/c15-14(16,17)11-3-1-5-18(7-11)8-12(19)9-20-10-13-4-2-6-21-13/h11-13,19H,1-10H2/p+1/t11-,12+,13-/m1/s1. The van der Waals surface area contributed by atoms with Crippen molar-refractivity contribution in [3.8, 4) is 0 Å². The van der Waals surface area contributed by atoms with E-state index in [9.17, 15) is 18.3 Å². The van der Waals surface area contributed by atoms with E-state index in [2.05, 4.69) is 0 Å². The Kier molecular flexibility index (Phi) is 6.28. The summed E-state index contributed by atoms with van der Waals surface area (Å²) in [5.41, 5.74) is 0. The first-order chi connectivity index (χ1) is 9.95. The maximum absolute atomic E-state index is 12.7. The van der Waals surface area contributed by atoms with Crippen molar-refractivity contribution in [2.24, 2.45) is 5.92 Å². The van der Waals surface area contributed by atoms with Gasteiger partial charge in [0.05, 0.1) is 32.4 Å². The fourth-order valence-corrected chi connectivity index (χ4v) is 3.12. The van der Waals surface area contributed by atoms with Crippen LogP contribution in [0.25, 0.3) is 0 Å². The van der Waals surface area contributed by atoms with Gasteiger partial charge in [0.1, 0.15) is 18.6 Å². The van der Waals surface area contributed by atoms with Crippen LogP contribution in [-0.2, 0) is 9.47 Å². The Bertz CT molecular complexity index is 308.